The number of fused-ring (bicyclic) bond motifs is 1. The first-order valence-corrected chi connectivity index (χ1v) is 11.5. The normalized spacial score (nSPS) is 13.5. The maximum atomic E-state index is 12.7. The molecular formula is C27H30N2O5. The zero-order valence-electron chi connectivity index (χ0n) is 19.8. The number of benzene rings is 2. The molecule has 0 aliphatic carbocycles. The molecule has 1 aliphatic heterocycles. The molecule has 0 spiro atoms. The molecule has 0 radical (unpaired) electrons. The monoisotopic (exact) mass is 462 g/mol. The lowest BCUT2D eigenvalue weighted by Gasteiger charge is -2.18. The predicted molar refractivity (Wildman–Crippen MR) is 129 cm³/mol. The van der Waals surface area contributed by atoms with Crippen molar-refractivity contribution >= 4 is 5.91 Å². The number of carbonyl (C=O) groups excluding carboxylic acids is 1. The van der Waals surface area contributed by atoms with E-state index in [0.29, 0.717) is 49.2 Å². The molecule has 1 aromatic heterocycles. The average Bonchev–Trinajstić information content (AvgIpc) is 3.16. The Kier molecular flexibility index (Phi) is 7.21. The van der Waals surface area contributed by atoms with Crippen molar-refractivity contribution in [1.82, 2.24) is 10.3 Å². The van der Waals surface area contributed by atoms with Crippen LogP contribution in [0.5, 0.6) is 23.0 Å². The van der Waals surface area contributed by atoms with Crippen LogP contribution in [0.1, 0.15) is 42.3 Å². The molecule has 0 atom stereocenters. The summed E-state index contributed by atoms with van der Waals surface area (Å²) in [6.45, 7) is 7.51. The minimum Gasteiger partial charge on any atom is -0.490 e. The van der Waals surface area contributed by atoms with Crippen molar-refractivity contribution in [2.75, 3.05) is 19.8 Å². The number of hydrogen-bond donors (Lipinski definition) is 1. The fourth-order valence-electron chi connectivity index (χ4n) is 3.81. The van der Waals surface area contributed by atoms with Crippen molar-refractivity contribution in [1.29, 1.82) is 0 Å². The average molecular weight is 463 g/mol. The van der Waals surface area contributed by atoms with E-state index in [2.05, 4.69) is 30.2 Å². The van der Waals surface area contributed by atoms with E-state index in [1.807, 2.05) is 31.2 Å². The van der Waals surface area contributed by atoms with Gasteiger partial charge in [-0.05, 0) is 51.1 Å². The van der Waals surface area contributed by atoms with Crippen LogP contribution in [0.15, 0.2) is 60.9 Å². The number of aromatic nitrogens is 1. The third-order valence-electron chi connectivity index (χ3n) is 5.32. The highest BCUT2D eigenvalue weighted by molar-refractivity contribution is 5.94. The number of ether oxygens (including phenoxy) is 4. The Bertz CT molecular complexity index is 1130. The summed E-state index contributed by atoms with van der Waals surface area (Å²) in [5.74, 6) is 2.38. The van der Waals surface area contributed by atoms with Crippen LogP contribution in [0.2, 0.25) is 0 Å². The van der Waals surface area contributed by atoms with Crippen LogP contribution in [0, 0.1) is 0 Å². The molecule has 0 bridgehead atoms. The van der Waals surface area contributed by atoms with Gasteiger partial charge in [0.1, 0.15) is 18.8 Å². The molecular weight excluding hydrogens is 432 g/mol. The van der Waals surface area contributed by atoms with Crippen molar-refractivity contribution in [3.8, 4) is 23.0 Å². The third-order valence-corrected chi connectivity index (χ3v) is 5.32. The molecule has 2 aromatic carbocycles. The lowest BCUT2D eigenvalue weighted by atomic mass is 10.0. The Morgan fingerprint density at radius 2 is 1.94 bits per heavy atom. The first-order valence-electron chi connectivity index (χ1n) is 11.5. The van der Waals surface area contributed by atoms with Crippen molar-refractivity contribution in [2.45, 2.75) is 39.4 Å². The molecule has 1 N–H and O–H groups in total. The van der Waals surface area contributed by atoms with Crippen LogP contribution in [0.3, 0.4) is 0 Å². The second kappa shape index (κ2) is 10.5. The van der Waals surface area contributed by atoms with E-state index in [1.165, 1.54) is 0 Å². The second-order valence-electron chi connectivity index (χ2n) is 8.63. The molecule has 7 nitrogen and oxygen atoms in total. The van der Waals surface area contributed by atoms with E-state index in [1.54, 1.807) is 30.6 Å². The lowest BCUT2D eigenvalue weighted by Crippen LogP contribution is -2.28. The molecule has 0 saturated carbocycles. The van der Waals surface area contributed by atoms with Crippen molar-refractivity contribution < 1.29 is 23.7 Å². The molecule has 178 valence electrons. The van der Waals surface area contributed by atoms with Crippen LogP contribution in [-0.4, -0.2) is 36.3 Å². The maximum Gasteiger partial charge on any atom is 0.251 e. The molecule has 2 heterocycles. The van der Waals surface area contributed by atoms with Gasteiger partial charge in [0.2, 0.25) is 0 Å². The van der Waals surface area contributed by atoms with Crippen LogP contribution < -0.4 is 24.3 Å². The van der Waals surface area contributed by atoms with Gasteiger partial charge >= 0.3 is 0 Å². The number of amides is 1. The predicted octanol–water partition coefficient (Wildman–Crippen LogP) is 4.58. The third kappa shape index (κ3) is 5.78. The van der Waals surface area contributed by atoms with Gasteiger partial charge in [0.25, 0.3) is 5.91 Å². The first-order chi connectivity index (χ1) is 16.4. The zero-order valence-corrected chi connectivity index (χ0v) is 19.8. The zero-order chi connectivity index (χ0) is 24.0. The smallest absolute Gasteiger partial charge is 0.251 e. The van der Waals surface area contributed by atoms with Gasteiger partial charge in [0.15, 0.2) is 23.0 Å². The van der Waals surface area contributed by atoms with E-state index < -0.39 is 0 Å². The van der Waals surface area contributed by atoms with Gasteiger partial charge in [0.05, 0.1) is 13.2 Å². The standard InChI is InChI=1S/C27H30N2O5/c1-4-31-24-15-20(10-11-22(24)33-18-19-7-6-12-28-17-19)26(30)29-13-14-32-23-9-5-8-21-16-27(2,3)34-25(21)23/h5-12,15,17H,4,13-14,16,18H2,1-3H3,(H,29,30). The maximum absolute atomic E-state index is 12.7. The quantitative estimate of drug-likeness (QED) is 0.444. The highest BCUT2D eigenvalue weighted by Gasteiger charge is 2.32. The minimum absolute atomic E-state index is 0.209. The fourth-order valence-corrected chi connectivity index (χ4v) is 3.81. The lowest BCUT2D eigenvalue weighted by molar-refractivity contribution is 0.0945. The number of nitrogens with one attached hydrogen (secondary N) is 1. The van der Waals surface area contributed by atoms with E-state index in [9.17, 15) is 4.79 Å². The summed E-state index contributed by atoms with van der Waals surface area (Å²) in [6.07, 6.45) is 4.32. The van der Waals surface area contributed by atoms with Gasteiger partial charge in [0, 0.05) is 35.5 Å². The van der Waals surface area contributed by atoms with E-state index in [-0.39, 0.29) is 11.5 Å². The van der Waals surface area contributed by atoms with Crippen LogP contribution in [0.25, 0.3) is 0 Å². The van der Waals surface area contributed by atoms with Crippen LogP contribution >= 0.6 is 0 Å². The Hall–Kier alpha value is -3.74. The summed E-state index contributed by atoms with van der Waals surface area (Å²) in [6, 6.07) is 14.9. The summed E-state index contributed by atoms with van der Waals surface area (Å²) in [7, 11) is 0. The Morgan fingerprint density at radius 3 is 2.74 bits per heavy atom. The van der Waals surface area contributed by atoms with Gasteiger partial charge in [-0.25, -0.2) is 0 Å². The van der Waals surface area contributed by atoms with E-state index >= 15 is 0 Å². The van der Waals surface area contributed by atoms with E-state index in [0.717, 1.165) is 23.3 Å². The van der Waals surface area contributed by atoms with E-state index in [4.69, 9.17) is 18.9 Å². The number of rotatable bonds is 10. The Labute approximate surface area is 200 Å². The Morgan fingerprint density at radius 1 is 1.06 bits per heavy atom. The van der Waals surface area contributed by atoms with Gasteiger partial charge in [-0.2, -0.15) is 0 Å². The van der Waals surface area contributed by atoms with Crippen molar-refractivity contribution in [2.24, 2.45) is 0 Å². The molecule has 0 unspecified atom stereocenters. The first kappa shape index (κ1) is 23.4. The topological polar surface area (TPSA) is 78.9 Å². The molecule has 1 aliphatic rings. The highest BCUT2D eigenvalue weighted by Crippen LogP contribution is 2.41. The largest absolute Gasteiger partial charge is 0.490 e. The van der Waals surface area contributed by atoms with Gasteiger partial charge in [-0.1, -0.05) is 18.2 Å². The number of pyridine rings is 1. The molecule has 0 fully saturated rings. The summed E-state index contributed by atoms with van der Waals surface area (Å²) in [5.41, 5.74) is 2.34. The van der Waals surface area contributed by atoms with Crippen LogP contribution in [-0.2, 0) is 13.0 Å². The molecule has 3 aromatic rings. The van der Waals surface area contributed by atoms with Crippen molar-refractivity contribution in [3.05, 3.63) is 77.6 Å². The number of nitrogens with zero attached hydrogens (tertiary/aromatic N) is 1. The molecule has 0 saturated heterocycles. The van der Waals surface area contributed by atoms with Gasteiger partial charge in [-0.15, -0.1) is 0 Å². The molecule has 7 heteroatoms. The number of para-hydroxylation sites is 1. The van der Waals surface area contributed by atoms with Gasteiger partial charge < -0.3 is 24.3 Å². The number of hydrogen-bond acceptors (Lipinski definition) is 6. The summed E-state index contributed by atoms with van der Waals surface area (Å²) < 4.78 is 23.5. The van der Waals surface area contributed by atoms with Crippen molar-refractivity contribution in [3.63, 3.8) is 0 Å². The SMILES string of the molecule is CCOc1cc(C(=O)NCCOc2cccc3c2OC(C)(C)C3)ccc1OCc1cccnc1. The molecule has 1 amide bonds. The fraction of sp³-hybridized carbons (Fsp3) is 0.333. The van der Waals surface area contributed by atoms with Gasteiger partial charge in [-0.3, -0.25) is 9.78 Å². The second-order valence-corrected chi connectivity index (χ2v) is 8.63. The summed E-state index contributed by atoms with van der Waals surface area (Å²) >= 11 is 0. The Balaban J connectivity index is 1.32. The minimum atomic E-state index is -0.234. The molecule has 34 heavy (non-hydrogen) atoms. The molecule has 4 rings (SSSR count). The number of carbonyl (C=O) groups is 1. The highest BCUT2D eigenvalue weighted by atomic mass is 16.5. The van der Waals surface area contributed by atoms with Crippen LogP contribution in [0.4, 0.5) is 0 Å². The summed E-state index contributed by atoms with van der Waals surface area (Å²) in [4.78, 5) is 16.8. The summed E-state index contributed by atoms with van der Waals surface area (Å²) in [5, 5.41) is 2.89.